The maximum atomic E-state index is 4.44. The predicted molar refractivity (Wildman–Crippen MR) is 69.9 cm³/mol. The molecule has 2 rings (SSSR count). The summed E-state index contributed by atoms with van der Waals surface area (Å²) in [6, 6.07) is 4.78. The molecule has 1 aromatic heterocycles. The van der Waals surface area contributed by atoms with E-state index in [4.69, 9.17) is 0 Å². The number of nitrogens with one attached hydrogen (secondary N) is 1. The molecule has 15 heavy (non-hydrogen) atoms. The van der Waals surface area contributed by atoms with Crippen molar-refractivity contribution in [1.29, 1.82) is 0 Å². The van der Waals surface area contributed by atoms with Gasteiger partial charge in [-0.25, -0.2) is 0 Å². The normalized spacial score (nSPS) is 17.5. The molecule has 0 aromatic carbocycles. The Morgan fingerprint density at radius 3 is 3.13 bits per heavy atom. The van der Waals surface area contributed by atoms with Crippen molar-refractivity contribution in [2.24, 2.45) is 4.99 Å². The van der Waals surface area contributed by atoms with E-state index in [0.29, 0.717) is 6.04 Å². The quantitative estimate of drug-likeness (QED) is 0.873. The molecular formula is C11H16N2S2. The Hall–Kier alpha value is -0.480. The number of thiophene rings is 1. The second-order valence-electron chi connectivity index (χ2n) is 3.54. The van der Waals surface area contributed by atoms with Crippen molar-refractivity contribution < 1.29 is 0 Å². The predicted octanol–water partition coefficient (Wildman–Crippen LogP) is 3.28. The number of thioether (sulfide) groups is 1. The highest BCUT2D eigenvalue weighted by Crippen LogP contribution is 2.25. The molecule has 0 bridgehead atoms. The maximum Gasteiger partial charge on any atom is 0.157 e. The van der Waals surface area contributed by atoms with E-state index in [1.54, 1.807) is 0 Å². The summed E-state index contributed by atoms with van der Waals surface area (Å²) in [5.74, 6) is 1.13. The van der Waals surface area contributed by atoms with Crippen molar-refractivity contribution in [3.05, 3.63) is 22.4 Å². The monoisotopic (exact) mass is 240 g/mol. The highest BCUT2D eigenvalue weighted by Gasteiger charge is 2.15. The Morgan fingerprint density at radius 1 is 1.60 bits per heavy atom. The zero-order valence-electron chi connectivity index (χ0n) is 8.90. The van der Waals surface area contributed by atoms with Crippen molar-refractivity contribution in [3.8, 4) is 0 Å². The van der Waals surface area contributed by atoms with Gasteiger partial charge in [-0.05, 0) is 17.9 Å². The van der Waals surface area contributed by atoms with E-state index in [0.717, 1.165) is 17.5 Å². The van der Waals surface area contributed by atoms with Gasteiger partial charge in [-0.2, -0.15) is 0 Å². The van der Waals surface area contributed by atoms with Gasteiger partial charge >= 0.3 is 0 Å². The van der Waals surface area contributed by atoms with E-state index >= 15 is 0 Å². The molecule has 0 radical (unpaired) electrons. The Bertz CT molecular complexity index is 319. The SMILES string of the molecule is CCCC(NC1=NCCS1)c1cccs1. The summed E-state index contributed by atoms with van der Waals surface area (Å²) in [6.45, 7) is 3.20. The maximum absolute atomic E-state index is 4.44. The summed E-state index contributed by atoms with van der Waals surface area (Å²) in [6.07, 6.45) is 2.38. The fourth-order valence-electron chi connectivity index (χ4n) is 1.64. The zero-order valence-corrected chi connectivity index (χ0v) is 10.5. The van der Waals surface area contributed by atoms with Crippen LogP contribution in [0.15, 0.2) is 22.5 Å². The van der Waals surface area contributed by atoms with Crippen molar-refractivity contribution in [3.63, 3.8) is 0 Å². The van der Waals surface area contributed by atoms with E-state index < -0.39 is 0 Å². The van der Waals surface area contributed by atoms with Gasteiger partial charge in [0.1, 0.15) is 0 Å². The van der Waals surface area contributed by atoms with Crippen LogP contribution in [0.2, 0.25) is 0 Å². The Labute approximate surface area is 99.2 Å². The lowest BCUT2D eigenvalue weighted by atomic mass is 10.1. The van der Waals surface area contributed by atoms with E-state index in [9.17, 15) is 0 Å². The van der Waals surface area contributed by atoms with Crippen molar-refractivity contribution in [2.45, 2.75) is 25.8 Å². The lowest BCUT2D eigenvalue weighted by molar-refractivity contribution is 0.594. The van der Waals surface area contributed by atoms with Crippen LogP contribution >= 0.6 is 23.1 Å². The molecule has 1 unspecified atom stereocenters. The van der Waals surface area contributed by atoms with Gasteiger partial charge in [-0.1, -0.05) is 31.2 Å². The number of nitrogens with zero attached hydrogens (tertiary/aromatic N) is 1. The third kappa shape index (κ3) is 2.98. The first kappa shape index (κ1) is 11.0. The first-order valence-electron chi connectivity index (χ1n) is 5.37. The average Bonchev–Trinajstić information content (AvgIpc) is 2.89. The first-order valence-corrected chi connectivity index (χ1v) is 7.24. The molecule has 82 valence electrons. The molecule has 2 nitrogen and oxygen atoms in total. The number of amidine groups is 1. The van der Waals surface area contributed by atoms with Crippen LogP contribution in [-0.4, -0.2) is 17.5 Å². The topological polar surface area (TPSA) is 24.4 Å². The molecule has 2 heterocycles. The fourth-order valence-corrected chi connectivity index (χ4v) is 3.23. The average molecular weight is 240 g/mol. The van der Waals surface area contributed by atoms with E-state index in [-0.39, 0.29) is 0 Å². The van der Waals surface area contributed by atoms with Gasteiger partial charge in [0.05, 0.1) is 12.6 Å². The van der Waals surface area contributed by atoms with Crippen LogP contribution in [0.1, 0.15) is 30.7 Å². The number of hydrogen-bond acceptors (Lipinski definition) is 4. The number of hydrogen-bond donors (Lipinski definition) is 1. The van der Waals surface area contributed by atoms with Crippen LogP contribution in [0.25, 0.3) is 0 Å². The summed E-state index contributed by atoms with van der Waals surface area (Å²) < 4.78 is 0. The molecule has 1 aliphatic heterocycles. The van der Waals surface area contributed by atoms with Gasteiger partial charge < -0.3 is 5.32 Å². The van der Waals surface area contributed by atoms with Gasteiger partial charge in [-0.15, -0.1) is 11.3 Å². The van der Waals surface area contributed by atoms with Crippen molar-refractivity contribution in [2.75, 3.05) is 12.3 Å². The second-order valence-corrected chi connectivity index (χ2v) is 5.60. The summed E-state index contributed by atoms with van der Waals surface area (Å²) in [7, 11) is 0. The van der Waals surface area contributed by atoms with Crippen LogP contribution in [0.4, 0.5) is 0 Å². The summed E-state index contributed by atoms with van der Waals surface area (Å²) in [4.78, 5) is 5.86. The van der Waals surface area contributed by atoms with E-state index in [1.807, 2.05) is 23.1 Å². The largest absolute Gasteiger partial charge is 0.357 e. The first-order chi connectivity index (χ1) is 7.40. The molecule has 0 aliphatic carbocycles. The highest BCUT2D eigenvalue weighted by atomic mass is 32.2. The molecule has 0 saturated heterocycles. The molecule has 1 atom stereocenters. The minimum atomic E-state index is 0.458. The minimum Gasteiger partial charge on any atom is -0.357 e. The third-order valence-corrected chi connectivity index (χ3v) is 4.24. The zero-order chi connectivity index (χ0) is 10.5. The number of rotatable bonds is 4. The van der Waals surface area contributed by atoms with E-state index in [2.05, 4.69) is 34.7 Å². The molecule has 1 N–H and O–H groups in total. The van der Waals surface area contributed by atoms with Crippen LogP contribution in [0.5, 0.6) is 0 Å². The summed E-state index contributed by atoms with van der Waals surface area (Å²) >= 11 is 3.66. The van der Waals surface area contributed by atoms with Gasteiger partial charge in [0.2, 0.25) is 0 Å². The van der Waals surface area contributed by atoms with Crippen LogP contribution in [-0.2, 0) is 0 Å². The molecule has 0 saturated carbocycles. The van der Waals surface area contributed by atoms with Gasteiger partial charge in [-0.3, -0.25) is 4.99 Å². The Kier molecular flexibility index (Phi) is 4.09. The molecule has 0 amide bonds. The lowest BCUT2D eigenvalue weighted by Gasteiger charge is -2.17. The standard InChI is InChI=1S/C11H16N2S2/c1-2-4-9(10-5-3-7-14-10)13-11-12-6-8-15-11/h3,5,7,9H,2,4,6,8H2,1H3,(H,12,13). The molecule has 0 fully saturated rings. The molecule has 1 aromatic rings. The van der Waals surface area contributed by atoms with Gasteiger partial charge in [0.15, 0.2) is 5.17 Å². The molecule has 4 heteroatoms. The Balaban J connectivity index is 2.00. The lowest BCUT2D eigenvalue weighted by Crippen LogP contribution is -2.24. The minimum absolute atomic E-state index is 0.458. The van der Waals surface area contributed by atoms with Crippen LogP contribution in [0, 0.1) is 0 Å². The Morgan fingerprint density at radius 2 is 2.53 bits per heavy atom. The molecule has 1 aliphatic rings. The van der Waals surface area contributed by atoms with E-state index in [1.165, 1.54) is 17.7 Å². The third-order valence-electron chi connectivity index (χ3n) is 2.35. The summed E-state index contributed by atoms with van der Waals surface area (Å²) in [5, 5.41) is 6.81. The summed E-state index contributed by atoms with van der Waals surface area (Å²) in [5.41, 5.74) is 0. The number of aliphatic imine (C=N–C) groups is 1. The fraction of sp³-hybridized carbons (Fsp3) is 0.545. The highest BCUT2D eigenvalue weighted by molar-refractivity contribution is 8.14. The molecule has 0 spiro atoms. The molecular weight excluding hydrogens is 224 g/mol. The van der Waals surface area contributed by atoms with Crippen molar-refractivity contribution >= 4 is 28.3 Å². The van der Waals surface area contributed by atoms with Crippen molar-refractivity contribution in [1.82, 2.24) is 5.32 Å². The van der Waals surface area contributed by atoms with Gasteiger partial charge in [0.25, 0.3) is 0 Å². The second kappa shape index (κ2) is 5.56. The van der Waals surface area contributed by atoms with Crippen LogP contribution in [0.3, 0.4) is 0 Å². The smallest absolute Gasteiger partial charge is 0.157 e. The van der Waals surface area contributed by atoms with Gasteiger partial charge in [0, 0.05) is 10.6 Å². The van der Waals surface area contributed by atoms with Crippen LogP contribution < -0.4 is 5.32 Å².